The first kappa shape index (κ1) is 25.6. The van der Waals surface area contributed by atoms with Crippen molar-refractivity contribution in [2.24, 2.45) is 0 Å². The van der Waals surface area contributed by atoms with Gasteiger partial charge in [0.1, 0.15) is 42.7 Å². The summed E-state index contributed by atoms with van der Waals surface area (Å²) < 4.78 is 10.5. The molecule has 9 N–H and O–H groups in total. The summed E-state index contributed by atoms with van der Waals surface area (Å²) in [6.07, 6.45) is -14.2. The lowest BCUT2D eigenvalue weighted by molar-refractivity contribution is -0.327. The number of aliphatic hydroxyl groups is 8. The van der Waals surface area contributed by atoms with Gasteiger partial charge in [0.25, 0.3) is 0 Å². The van der Waals surface area contributed by atoms with E-state index < -0.39 is 68.3 Å². The highest BCUT2D eigenvalue weighted by molar-refractivity contribution is 4.91. The third-order valence-corrected chi connectivity index (χ3v) is 4.53. The number of nitrogens with one attached hydrogen (secondary N) is 1. The Hall–Kier alpha value is -0.480. The lowest BCUT2D eigenvalue weighted by Gasteiger charge is -2.42. The first-order valence-corrected chi connectivity index (χ1v) is 9.10. The second-order valence-corrected chi connectivity index (χ2v) is 7.11. The molecule has 0 bridgehead atoms. The van der Waals surface area contributed by atoms with E-state index in [0.29, 0.717) is 13.1 Å². The fraction of sp³-hybridized carbons (Fsp3) is 1.00. The highest BCUT2D eigenvalue weighted by Crippen LogP contribution is 2.24. The smallest absolute Gasteiger partial charge is 0.187 e. The molecule has 0 aromatic carbocycles. The molecular weight excluding hydrogens is 380 g/mol. The maximum absolute atomic E-state index is 10.4. The standard InChI is InChI=1S/C16H34N2O10/c1-18(2)4-3-17-5-8(21)11(23)15(9(22)6-19)28-16-14(26)13(25)12(24)10(7-20)27-16/h8-17,19-26H,3-7H2,1-2H3/t8?,9?,10?,11?,12-,13-,14?,15?,16-/m0/s1. The Labute approximate surface area is 163 Å². The van der Waals surface area contributed by atoms with E-state index in [-0.39, 0.29) is 6.54 Å². The van der Waals surface area contributed by atoms with Gasteiger partial charge in [-0.2, -0.15) is 0 Å². The summed E-state index contributed by atoms with van der Waals surface area (Å²) in [5.74, 6) is 0. The third kappa shape index (κ3) is 7.09. The van der Waals surface area contributed by atoms with Crippen molar-refractivity contribution >= 4 is 0 Å². The van der Waals surface area contributed by atoms with Gasteiger partial charge in [-0.15, -0.1) is 0 Å². The van der Waals surface area contributed by atoms with Crippen LogP contribution in [0.5, 0.6) is 0 Å². The number of nitrogens with zero attached hydrogens (tertiary/aromatic N) is 1. The Morgan fingerprint density at radius 2 is 1.64 bits per heavy atom. The second-order valence-electron chi connectivity index (χ2n) is 7.11. The van der Waals surface area contributed by atoms with Gasteiger partial charge in [0, 0.05) is 19.6 Å². The van der Waals surface area contributed by atoms with Crippen molar-refractivity contribution < 1.29 is 50.3 Å². The van der Waals surface area contributed by atoms with Gasteiger partial charge in [-0.25, -0.2) is 0 Å². The van der Waals surface area contributed by atoms with Gasteiger partial charge >= 0.3 is 0 Å². The maximum atomic E-state index is 10.4. The molecule has 168 valence electrons. The normalized spacial score (nSPS) is 32.9. The Kier molecular flexibility index (Phi) is 11.2. The minimum atomic E-state index is -1.76. The first-order chi connectivity index (χ1) is 13.1. The molecule has 0 spiro atoms. The molecule has 1 aliphatic heterocycles. The summed E-state index contributed by atoms with van der Waals surface area (Å²) in [6, 6.07) is 0. The van der Waals surface area contributed by atoms with Crippen LogP contribution in [0.15, 0.2) is 0 Å². The van der Waals surface area contributed by atoms with E-state index in [9.17, 15) is 40.9 Å². The Bertz CT molecular complexity index is 430. The highest BCUT2D eigenvalue weighted by atomic mass is 16.7. The molecule has 0 aromatic heterocycles. The zero-order valence-electron chi connectivity index (χ0n) is 16.1. The minimum Gasteiger partial charge on any atom is -0.394 e. The van der Waals surface area contributed by atoms with Gasteiger partial charge in [0.2, 0.25) is 0 Å². The van der Waals surface area contributed by atoms with Crippen LogP contribution in [-0.2, 0) is 9.47 Å². The third-order valence-electron chi connectivity index (χ3n) is 4.53. The lowest BCUT2D eigenvalue weighted by Crippen LogP contribution is -2.61. The van der Waals surface area contributed by atoms with E-state index in [4.69, 9.17) is 9.47 Å². The summed E-state index contributed by atoms with van der Waals surface area (Å²) in [4.78, 5) is 1.91. The summed E-state index contributed by atoms with van der Waals surface area (Å²) in [5, 5.41) is 81.4. The zero-order valence-corrected chi connectivity index (χ0v) is 16.1. The molecule has 1 heterocycles. The molecule has 9 atom stereocenters. The van der Waals surface area contributed by atoms with E-state index in [1.54, 1.807) is 0 Å². The van der Waals surface area contributed by atoms with Crippen molar-refractivity contribution in [3.63, 3.8) is 0 Å². The molecule has 1 aliphatic rings. The van der Waals surface area contributed by atoms with Crippen LogP contribution >= 0.6 is 0 Å². The molecule has 0 saturated carbocycles. The predicted octanol–water partition coefficient (Wildman–Crippen LogP) is -5.60. The number of hydrogen-bond donors (Lipinski definition) is 9. The molecule has 0 aliphatic carbocycles. The fourth-order valence-electron chi connectivity index (χ4n) is 2.73. The SMILES string of the molecule is CN(C)CCNCC(O)C(O)C(O[C@@H]1OC(CO)[C@H](O)[C@H](O)C1O)C(O)CO. The van der Waals surface area contributed by atoms with Crippen LogP contribution in [0.2, 0.25) is 0 Å². The summed E-state index contributed by atoms with van der Waals surface area (Å²) >= 11 is 0. The minimum absolute atomic E-state index is 0.0400. The van der Waals surface area contributed by atoms with E-state index >= 15 is 0 Å². The average Bonchev–Trinajstić information content (AvgIpc) is 2.67. The van der Waals surface area contributed by atoms with E-state index in [1.165, 1.54) is 0 Å². The van der Waals surface area contributed by atoms with Gasteiger partial charge in [-0.1, -0.05) is 0 Å². The summed E-state index contributed by atoms with van der Waals surface area (Å²) in [7, 11) is 3.74. The zero-order chi connectivity index (χ0) is 21.4. The fourth-order valence-corrected chi connectivity index (χ4v) is 2.73. The number of rotatable bonds is 12. The van der Waals surface area contributed by atoms with Crippen LogP contribution < -0.4 is 5.32 Å². The summed E-state index contributed by atoms with van der Waals surface area (Å²) in [6.45, 7) is -0.328. The molecule has 1 saturated heterocycles. The molecule has 1 rings (SSSR count). The van der Waals surface area contributed by atoms with Crippen LogP contribution in [0.1, 0.15) is 0 Å². The summed E-state index contributed by atoms with van der Waals surface area (Å²) in [5.41, 5.74) is 0. The molecular formula is C16H34N2O10. The van der Waals surface area contributed by atoms with E-state index in [2.05, 4.69) is 5.32 Å². The Morgan fingerprint density at radius 1 is 1.00 bits per heavy atom. The van der Waals surface area contributed by atoms with Gasteiger partial charge < -0.3 is 60.5 Å². The van der Waals surface area contributed by atoms with Crippen LogP contribution in [-0.4, -0.2) is 148 Å². The van der Waals surface area contributed by atoms with Crippen molar-refractivity contribution in [2.45, 2.75) is 55.1 Å². The second kappa shape index (κ2) is 12.3. The van der Waals surface area contributed by atoms with Gasteiger partial charge in [-0.3, -0.25) is 0 Å². The van der Waals surface area contributed by atoms with Crippen molar-refractivity contribution in [2.75, 3.05) is 46.9 Å². The predicted molar refractivity (Wildman–Crippen MR) is 95.2 cm³/mol. The van der Waals surface area contributed by atoms with Crippen LogP contribution in [0.4, 0.5) is 0 Å². The molecule has 12 heteroatoms. The number of likely N-dealkylation sites (N-methyl/N-ethyl adjacent to an activating group) is 1. The monoisotopic (exact) mass is 414 g/mol. The van der Waals surface area contributed by atoms with Gasteiger partial charge in [0.05, 0.1) is 19.3 Å². The van der Waals surface area contributed by atoms with Crippen molar-refractivity contribution in [3.05, 3.63) is 0 Å². The first-order valence-electron chi connectivity index (χ1n) is 9.10. The molecule has 28 heavy (non-hydrogen) atoms. The van der Waals surface area contributed by atoms with Crippen LogP contribution in [0.3, 0.4) is 0 Å². The number of ether oxygens (including phenoxy) is 2. The number of hydrogen-bond acceptors (Lipinski definition) is 12. The largest absolute Gasteiger partial charge is 0.394 e. The van der Waals surface area contributed by atoms with Crippen molar-refractivity contribution in [1.29, 1.82) is 0 Å². The van der Waals surface area contributed by atoms with E-state index in [1.807, 2.05) is 19.0 Å². The van der Waals surface area contributed by atoms with Gasteiger partial charge in [-0.05, 0) is 14.1 Å². The van der Waals surface area contributed by atoms with Crippen molar-refractivity contribution in [3.8, 4) is 0 Å². The Morgan fingerprint density at radius 3 is 2.18 bits per heavy atom. The molecule has 0 radical (unpaired) electrons. The van der Waals surface area contributed by atoms with E-state index in [0.717, 1.165) is 0 Å². The topological polar surface area (TPSA) is 196 Å². The quantitative estimate of drug-likeness (QED) is 0.138. The Balaban J connectivity index is 2.76. The van der Waals surface area contributed by atoms with Gasteiger partial charge in [0.15, 0.2) is 6.29 Å². The molecule has 6 unspecified atom stereocenters. The average molecular weight is 414 g/mol. The lowest BCUT2D eigenvalue weighted by atomic mass is 9.98. The van der Waals surface area contributed by atoms with Crippen LogP contribution in [0, 0.1) is 0 Å². The molecule has 0 amide bonds. The molecule has 12 nitrogen and oxygen atoms in total. The molecule has 1 fully saturated rings. The van der Waals surface area contributed by atoms with Crippen LogP contribution in [0.25, 0.3) is 0 Å². The highest BCUT2D eigenvalue weighted by Gasteiger charge is 2.46. The molecule has 0 aromatic rings. The number of aliphatic hydroxyl groups excluding tert-OH is 8. The maximum Gasteiger partial charge on any atom is 0.187 e. The van der Waals surface area contributed by atoms with Crippen molar-refractivity contribution in [1.82, 2.24) is 10.2 Å².